The van der Waals surface area contributed by atoms with Crippen LogP contribution in [0.15, 0.2) is 54.6 Å². The number of hydrogen-bond donors (Lipinski definition) is 1. The number of thiocarbonyl (C=S) groups is 1. The summed E-state index contributed by atoms with van der Waals surface area (Å²) in [7, 11) is 0. The van der Waals surface area contributed by atoms with Crippen molar-refractivity contribution in [3.63, 3.8) is 0 Å². The normalized spacial score (nSPS) is 10.0. The quantitative estimate of drug-likeness (QED) is 0.834. The fraction of sp³-hybridized carbons (Fsp3) is 0.133. The Morgan fingerprint density at radius 1 is 0.944 bits per heavy atom. The monoisotopic (exact) mass is 257 g/mol. The maximum atomic E-state index is 5.54. The van der Waals surface area contributed by atoms with Gasteiger partial charge in [-0.25, -0.2) is 0 Å². The van der Waals surface area contributed by atoms with E-state index in [-0.39, 0.29) is 0 Å². The van der Waals surface area contributed by atoms with Crippen molar-refractivity contribution in [1.82, 2.24) is 0 Å². The standard InChI is InChI=1S/C15H15NOS/c16-15(18)10-11-17-14-8-6-13(7-9-14)12-4-2-1-3-5-12/h1-9H,10-11H2,(H2,16,18). The van der Waals surface area contributed by atoms with Crippen molar-refractivity contribution in [2.75, 3.05) is 6.61 Å². The van der Waals surface area contributed by atoms with E-state index >= 15 is 0 Å². The molecule has 0 spiro atoms. The van der Waals surface area contributed by atoms with Crippen molar-refractivity contribution >= 4 is 17.2 Å². The van der Waals surface area contributed by atoms with Crippen molar-refractivity contribution in [3.05, 3.63) is 54.6 Å². The Bertz CT molecular complexity index is 508. The van der Waals surface area contributed by atoms with Gasteiger partial charge in [0.1, 0.15) is 5.75 Å². The van der Waals surface area contributed by atoms with Crippen LogP contribution in [0.5, 0.6) is 5.75 Å². The Hall–Kier alpha value is -1.87. The molecule has 0 fully saturated rings. The Balaban J connectivity index is 2.00. The van der Waals surface area contributed by atoms with E-state index < -0.39 is 0 Å². The van der Waals surface area contributed by atoms with E-state index in [0.29, 0.717) is 18.0 Å². The molecule has 0 bridgehead atoms. The van der Waals surface area contributed by atoms with Crippen LogP contribution in [-0.4, -0.2) is 11.6 Å². The van der Waals surface area contributed by atoms with Crippen LogP contribution >= 0.6 is 12.2 Å². The first kappa shape index (κ1) is 12.6. The van der Waals surface area contributed by atoms with Crippen LogP contribution in [-0.2, 0) is 0 Å². The molecule has 2 aromatic rings. The minimum absolute atomic E-state index is 0.482. The zero-order chi connectivity index (χ0) is 12.8. The summed E-state index contributed by atoms with van der Waals surface area (Å²) in [5, 5.41) is 0. The van der Waals surface area contributed by atoms with Gasteiger partial charge in [0, 0.05) is 6.42 Å². The number of nitrogens with two attached hydrogens (primary N) is 1. The fourth-order valence-electron chi connectivity index (χ4n) is 1.64. The molecular formula is C15H15NOS. The second-order valence-corrected chi connectivity index (χ2v) is 4.48. The summed E-state index contributed by atoms with van der Waals surface area (Å²) < 4.78 is 5.54. The smallest absolute Gasteiger partial charge is 0.119 e. The highest BCUT2D eigenvalue weighted by Gasteiger charge is 1.98. The average Bonchev–Trinajstić information content (AvgIpc) is 2.40. The first-order chi connectivity index (χ1) is 8.75. The van der Waals surface area contributed by atoms with E-state index in [9.17, 15) is 0 Å². The van der Waals surface area contributed by atoms with Gasteiger partial charge in [-0.3, -0.25) is 0 Å². The zero-order valence-corrected chi connectivity index (χ0v) is 10.8. The molecule has 0 saturated heterocycles. The average molecular weight is 257 g/mol. The molecule has 18 heavy (non-hydrogen) atoms. The van der Waals surface area contributed by atoms with Gasteiger partial charge in [0.25, 0.3) is 0 Å². The Kier molecular flexibility index (Phi) is 4.31. The summed E-state index contributed by atoms with van der Waals surface area (Å²) in [5.41, 5.74) is 7.79. The highest BCUT2D eigenvalue weighted by molar-refractivity contribution is 7.80. The van der Waals surface area contributed by atoms with Gasteiger partial charge in [-0.2, -0.15) is 0 Å². The van der Waals surface area contributed by atoms with Crippen LogP contribution in [0.4, 0.5) is 0 Å². The highest BCUT2D eigenvalue weighted by atomic mass is 32.1. The number of benzene rings is 2. The van der Waals surface area contributed by atoms with E-state index in [4.69, 9.17) is 22.7 Å². The number of hydrogen-bond acceptors (Lipinski definition) is 2. The molecular weight excluding hydrogens is 242 g/mol. The molecule has 0 radical (unpaired) electrons. The van der Waals surface area contributed by atoms with Gasteiger partial charge in [-0.15, -0.1) is 0 Å². The molecule has 0 saturated carbocycles. The number of ether oxygens (including phenoxy) is 1. The molecule has 2 N–H and O–H groups in total. The molecule has 0 aliphatic rings. The van der Waals surface area contributed by atoms with Crippen LogP contribution in [0.25, 0.3) is 11.1 Å². The molecule has 0 atom stereocenters. The predicted molar refractivity (Wildman–Crippen MR) is 78.8 cm³/mol. The summed E-state index contributed by atoms with van der Waals surface area (Å²) >= 11 is 4.79. The lowest BCUT2D eigenvalue weighted by atomic mass is 10.1. The summed E-state index contributed by atoms with van der Waals surface area (Å²) in [6, 6.07) is 18.3. The first-order valence-corrected chi connectivity index (χ1v) is 6.23. The highest BCUT2D eigenvalue weighted by Crippen LogP contribution is 2.21. The third kappa shape index (κ3) is 3.57. The van der Waals surface area contributed by atoms with Gasteiger partial charge in [-0.1, -0.05) is 54.7 Å². The Morgan fingerprint density at radius 2 is 1.56 bits per heavy atom. The zero-order valence-electron chi connectivity index (χ0n) is 10.0. The molecule has 0 aliphatic heterocycles. The molecule has 2 aromatic carbocycles. The Morgan fingerprint density at radius 3 is 2.17 bits per heavy atom. The van der Waals surface area contributed by atoms with Gasteiger partial charge in [0.05, 0.1) is 11.6 Å². The van der Waals surface area contributed by atoms with Crippen molar-refractivity contribution < 1.29 is 4.74 Å². The predicted octanol–water partition coefficient (Wildman–Crippen LogP) is 3.41. The minimum atomic E-state index is 0.482. The van der Waals surface area contributed by atoms with Gasteiger partial charge >= 0.3 is 0 Å². The van der Waals surface area contributed by atoms with Crippen LogP contribution in [0.2, 0.25) is 0 Å². The van der Waals surface area contributed by atoms with Gasteiger partial charge in [-0.05, 0) is 23.3 Å². The SMILES string of the molecule is NC(=S)CCOc1ccc(-c2ccccc2)cc1. The largest absolute Gasteiger partial charge is 0.493 e. The van der Waals surface area contributed by atoms with Crippen molar-refractivity contribution in [3.8, 4) is 16.9 Å². The molecule has 92 valence electrons. The van der Waals surface area contributed by atoms with Crippen molar-refractivity contribution in [2.45, 2.75) is 6.42 Å². The Labute approximate surface area is 112 Å². The van der Waals surface area contributed by atoms with E-state index in [1.165, 1.54) is 11.1 Å². The number of rotatable bonds is 5. The third-order valence-electron chi connectivity index (χ3n) is 2.58. The maximum absolute atomic E-state index is 5.54. The molecule has 3 heteroatoms. The first-order valence-electron chi connectivity index (χ1n) is 5.82. The molecule has 0 heterocycles. The fourth-order valence-corrected chi connectivity index (χ4v) is 1.73. The van der Waals surface area contributed by atoms with Crippen molar-refractivity contribution in [2.24, 2.45) is 5.73 Å². The lowest BCUT2D eigenvalue weighted by Gasteiger charge is -2.06. The summed E-state index contributed by atoms with van der Waals surface area (Å²) in [4.78, 5) is 0.482. The van der Waals surface area contributed by atoms with Gasteiger partial charge < -0.3 is 10.5 Å². The van der Waals surface area contributed by atoms with Crippen LogP contribution in [0, 0.1) is 0 Å². The summed E-state index contributed by atoms with van der Waals surface area (Å²) in [6.45, 7) is 0.528. The summed E-state index contributed by atoms with van der Waals surface area (Å²) in [5.74, 6) is 0.839. The molecule has 0 aromatic heterocycles. The minimum Gasteiger partial charge on any atom is -0.493 e. The molecule has 0 unspecified atom stereocenters. The van der Waals surface area contributed by atoms with E-state index in [1.54, 1.807) is 0 Å². The van der Waals surface area contributed by atoms with Crippen LogP contribution in [0.1, 0.15) is 6.42 Å². The van der Waals surface area contributed by atoms with E-state index in [2.05, 4.69) is 12.1 Å². The van der Waals surface area contributed by atoms with E-state index in [0.717, 1.165) is 5.75 Å². The second-order valence-electron chi connectivity index (χ2n) is 3.96. The van der Waals surface area contributed by atoms with E-state index in [1.807, 2.05) is 42.5 Å². The van der Waals surface area contributed by atoms with Crippen molar-refractivity contribution in [1.29, 1.82) is 0 Å². The van der Waals surface area contributed by atoms with Gasteiger partial charge in [0.15, 0.2) is 0 Å². The topological polar surface area (TPSA) is 35.2 Å². The maximum Gasteiger partial charge on any atom is 0.119 e. The molecule has 2 nitrogen and oxygen atoms in total. The molecule has 2 rings (SSSR count). The van der Waals surface area contributed by atoms with Gasteiger partial charge in [0.2, 0.25) is 0 Å². The van der Waals surface area contributed by atoms with Crippen LogP contribution < -0.4 is 10.5 Å². The van der Waals surface area contributed by atoms with Crippen LogP contribution in [0.3, 0.4) is 0 Å². The summed E-state index contributed by atoms with van der Waals surface area (Å²) in [6.07, 6.45) is 0.607. The molecule has 0 amide bonds. The lowest BCUT2D eigenvalue weighted by molar-refractivity contribution is 0.329. The third-order valence-corrected chi connectivity index (χ3v) is 2.78. The molecule has 0 aliphatic carbocycles. The second kappa shape index (κ2) is 6.17. The lowest BCUT2D eigenvalue weighted by Crippen LogP contribution is -2.12.